The van der Waals surface area contributed by atoms with E-state index >= 15 is 0 Å². The van der Waals surface area contributed by atoms with Crippen molar-refractivity contribution in [3.63, 3.8) is 0 Å². The summed E-state index contributed by atoms with van der Waals surface area (Å²) >= 11 is 3.44. The van der Waals surface area contributed by atoms with Crippen LogP contribution in [0.3, 0.4) is 0 Å². The first-order valence-corrected chi connectivity index (χ1v) is 9.13. The van der Waals surface area contributed by atoms with Crippen LogP contribution in [-0.2, 0) is 21.5 Å². The second-order valence-corrected chi connectivity index (χ2v) is 6.60. The van der Waals surface area contributed by atoms with Crippen LogP contribution < -0.4 is 4.90 Å². The number of Topliss-reactive ketones (excluding diaryl/α,β-unsaturated/α-hetero) is 1. The van der Waals surface area contributed by atoms with Crippen LogP contribution >= 0.6 is 15.9 Å². The van der Waals surface area contributed by atoms with Gasteiger partial charge in [0.1, 0.15) is 6.04 Å². The van der Waals surface area contributed by atoms with Crippen LogP contribution in [0.1, 0.15) is 22.9 Å². The molecule has 4 rings (SSSR count). The van der Waals surface area contributed by atoms with Gasteiger partial charge in [-0.25, -0.2) is 4.98 Å². The number of carbonyl (C=O) groups excluding carboxylic acids is 2. The molecular formula is C20H15BrN2O2. The minimum Gasteiger partial charge on any atom is -0.351 e. The van der Waals surface area contributed by atoms with E-state index in [1.807, 2.05) is 59.5 Å². The van der Waals surface area contributed by atoms with Gasteiger partial charge in [-0.3, -0.25) is 9.59 Å². The Kier molecular flexibility index (Phi) is 4.09. The predicted octanol–water partition coefficient (Wildman–Crippen LogP) is 3.96. The standard InChI is InChI=1S/C20H15BrN2O2/c21-10-15-9-8-13-5-3-7-17(19(13)22-15)23-11-14-4-1-2-6-16(14)20(23)18(25)12-24/h1-9,12,20H,10-11H2. The number of benzene rings is 2. The Morgan fingerprint density at radius 2 is 2.00 bits per heavy atom. The largest absolute Gasteiger partial charge is 0.351 e. The quantitative estimate of drug-likeness (QED) is 0.381. The number of pyridine rings is 1. The van der Waals surface area contributed by atoms with Gasteiger partial charge in [-0.05, 0) is 23.3 Å². The summed E-state index contributed by atoms with van der Waals surface area (Å²) in [6.07, 6.45) is 0.419. The van der Waals surface area contributed by atoms with E-state index < -0.39 is 11.8 Å². The zero-order valence-corrected chi connectivity index (χ0v) is 14.9. The average Bonchev–Trinajstić information content (AvgIpc) is 3.05. The summed E-state index contributed by atoms with van der Waals surface area (Å²) in [6, 6.07) is 17.1. The number of ketones is 1. The highest BCUT2D eigenvalue weighted by Crippen LogP contribution is 2.40. The number of hydrogen-bond donors (Lipinski definition) is 0. The molecule has 0 amide bonds. The summed E-state index contributed by atoms with van der Waals surface area (Å²) < 4.78 is 0. The second-order valence-electron chi connectivity index (χ2n) is 6.03. The molecule has 2 heterocycles. The molecule has 0 fully saturated rings. The number of halogens is 1. The maximum Gasteiger partial charge on any atom is 0.222 e. The van der Waals surface area contributed by atoms with E-state index in [1.54, 1.807) is 0 Å². The number of hydrogen-bond acceptors (Lipinski definition) is 4. The first kappa shape index (κ1) is 16.0. The van der Waals surface area contributed by atoms with Gasteiger partial charge in [0, 0.05) is 17.3 Å². The summed E-state index contributed by atoms with van der Waals surface area (Å²) in [7, 11) is 0. The van der Waals surface area contributed by atoms with Crippen molar-refractivity contribution in [2.75, 3.05) is 4.90 Å². The Morgan fingerprint density at radius 3 is 2.80 bits per heavy atom. The highest BCUT2D eigenvalue weighted by Gasteiger charge is 2.36. The minimum absolute atomic E-state index is 0.419. The Balaban J connectivity index is 1.90. The van der Waals surface area contributed by atoms with Crippen molar-refractivity contribution in [1.82, 2.24) is 4.98 Å². The molecule has 25 heavy (non-hydrogen) atoms. The number of alkyl halides is 1. The topological polar surface area (TPSA) is 50.3 Å². The first-order valence-electron chi connectivity index (χ1n) is 8.01. The van der Waals surface area contributed by atoms with Crippen molar-refractivity contribution in [2.24, 2.45) is 0 Å². The van der Waals surface area contributed by atoms with E-state index in [1.165, 1.54) is 0 Å². The van der Waals surface area contributed by atoms with Gasteiger partial charge in [0.2, 0.25) is 5.78 Å². The molecule has 2 aromatic carbocycles. The summed E-state index contributed by atoms with van der Waals surface area (Å²) in [6.45, 7) is 0.583. The van der Waals surface area contributed by atoms with Crippen molar-refractivity contribution < 1.29 is 9.59 Å². The number of aldehydes is 1. The van der Waals surface area contributed by atoms with Crippen molar-refractivity contribution in [2.45, 2.75) is 17.9 Å². The van der Waals surface area contributed by atoms with Crippen molar-refractivity contribution in [3.05, 3.63) is 71.4 Å². The molecule has 0 spiro atoms. The molecule has 0 radical (unpaired) electrons. The smallest absolute Gasteiger partial charge is 0.222 e. The molecule has 0 aliphatic carbocycles. The predicted molar refractivity (Wildman–Crippen MR) is 101 cm³/mol. The van der Waals surface area contributed by atoms with Gasteiger partial charge < -0.3 is 4.90 Å². The molecule has 5 heteroatoms. The molecule has 124 valence electrons. The minimum atomic E-state index is -0.589. The summed E-state index contributed by atoms with van der Waals surface area (Å²) in [4.78, 5) is 30.3. The number of nitrogens with zero attached hydrogens (tertiary/aromatic N) is 2. The van der Waals surface area contributed by atoms with Crippen LogP contribution in [0.15, 0.2) is 54.6 Å². The fourth-order valence-electron chi connectivity index (χ4n) is 3.46. The van der Waals surface area contributed by atoms with Crippen LogP contribution in [-0.4, -0.2) is 17.1 Å². The number of rotatable bonds is 4. The van der Waals surface area contributed by atoms with Crippen LogP contribution in [0.5, 0.6) is 0 Å². The molecule has 4 nitrogen and oxygen atoms in total. The van der Waals surface area contributed by atoms with E-state index in [-0.39, 0.29) is 0 Å². The summed E-state index contributed by atoms with van der Waals surface area (Å²) in [5, 5.41) is 1.67. The Morgan fingerprint density at radius 1 is 1.16 bits per heavy atom. The Labute approximate surface area is 153 Å². The molecular weight excluding hydrogens is 380 g/mol. The summed E-state index contributed by atoms with van der Waals surface area (Å²) in [5.74, 6) is -0.432. The van der Waals surface area contributed by atoms with E-state index in [9.17, 15) is 9.59 Å². The van der Waals surface area contributed by atoms with Gasteiger partial charge >= 0.3 is 0 Å². The highest BCUT2D eigenvalue weighted by molar-refractivity contribution is 9.08. The van der Waals surface area contributed by atoms with Crippen LogP contribution in [0, 0.1) is 0 Å². The number of aromatic nitrogens is 1. The van der Waals surface area contributed by atoms with Gasteiger partial charge in [0.25, 0.3) is 0 Å². The zero-order chi connectivity index (χ0) is 17.4. The number of para-hydroxylation sites is 1. The molecule has 1 atom stereocenters. The van der Waals surface area contributed by atoms with E-state index in [0.29, 0.717) is 18.2 Å². The molecule has 0 bridgehead atoms. The lowest BCUT2D eigenvalue weighted by atomic mass is 10.0. The van der Waals surface area contributed by atoms with Gasteiger partial charge in [-0.15, -0.1) is 0 Å². The molecule has 0 saturated carbocycles. The Bertz CT molecular complexity index is 986. The third-order valence-electron chi connectivity index (χ3n) is 4.59. The first-order chi connectivity index (χ1) is 12.2. The lowest BCUT2D eigenvalue weighted by Crippen LogP contribution is -2.29. The Hall–Kier alpha value is -2.53. The second kappa shape index (κ2) is 6.41. The monoisotopic (exact) mass is 394 g/mol. The molecule has 0 N–H and O–H groups in total. The highest BCUT2D eigenvalue weighted by atomic mass is 79.9. The zero-order valence-electron chi connectivity index (χ0n) is 13.4. The van der Waals surface area contributed by atoms with Gasteiger partial charge in [-0.1, -0.05) is 58.4 Å². The summed E-state index contributed by atoms with van der Waals surface area (Å²) in [5.41, 5.74) is 4.60. The number of carbonyl (C=O) groups is 2. The van der Waals surface area contributed by atoms with Crippen molar-refractivity contribution >= 4 is 44.6 Å². The van der Waals surface area contributed by atoms with Crippen LogP contribution in [0.25, 0.3) is 10.9 Å². The SMILES string of the molecule is O=CC(=O)C1c2ccccc2CN1c1cccc2ccc(CBr)nc12. The normalized spacial score (nSPS) is 16.0. The molecule has 0 saturated heterocycles. The third kappa shape index (κ3) is 2.65. The van der Waals surface area contributed by atoms with Crippen LogP contribution in [0.2, 0.25) is 0 Å². The lowest BCUT2D eigenvalue weighted by Gasteiger charge is -2.26. The molecule has 1 unspecified atom stereocenters. The lowest BCUT2D eigenvalue weighted by molar-refractivity contribution is -0.130. The molecule has 1 aromatic heterocycles. The fourth-order valence-corrected chi connectivity index (χ4v) is 3.77. The maximum atomic E-state index is 12.4. The van der Waals surface area contributed by atoms with Gasteiger partial charge in [0.05, 0.1) is 16.9 Å². The fraction of sp³-hybridized carbons (Fsp3) is 0.150. The van der Waals surface area contributed by atoms with Crippen LogP contribution in [0.4, 0.5) is 5.69 Å². The van der Waals surface area contributed by atoms with E-state index in [2.05, 4.69) is 15.9 Å². The van der Waals surface area contributed by atoms with E-state index in [0.717, 1.165) is 33.4 Å². The number of anilines is 1. The van der Waals surface area contributed by atoms with Crippen molar-refractivity contribution in [1.29, 1.82) is 0 Å². The number of fused-ring (bicyclic) bond motifs is 2. The van der Waals surface area contributed by atoms with E-state index in [4.69, 9.17) is 4.98 Å². The van der Waals surface area contributed by atoms with Crippen molar-refractivity contribution in [3.8, 4) is 0 Å². The maximum absolute atomic E-state index is 12.4. The third-order valence-corrected chi connectivity index (χ3v) is 5.17. The molecule has 1 aliphatic heterocycles. The average molecular weight is 395 g/mol. The molecule has 3 aromatic rings. The van der Waals surface area contributed by atoms with Gasteiger partial charge in [-0.2, -0.15) is 0 Å². The molecule has 1 aliphatic rings. The van der Waals surface area contributed by atoms with Gasteiger partial charge in [0.15, 0.2) is 6.29 Å².